The van der Waals surface area contributed by atoms with Gasteiger partial charge >= 0.3 is 0 Å². The summed E-state index contributed by atoms with van der Waals surface area (Å²) in [7, 11) is 0. The van der Waals surface area contributed by atoms with Crippen molar-refractivity contribution in [1.82, 2.24) is 0 Å². The summed E-state index contributed by atoms with van der Waals surface area (Å²) in [5, 5.41) is 2.21. The first kappa shape index (κ1) is 14.1. The Morgan fingerprint density at radius 3 is 2.90 bits per heavy atom. The second kappa shape index (κ2) is 5.51. The lowest BCUT2D eigenvalue weighted by Gasteiger charge is -2.36. The molecule has 1 aromatic carbocycles. The highest BCUT2D eigenvalue weighted by atomic mass is 79.9. The lowest BCUT2D eigenvalue weighted by molar-refractivity contribution is 0.631. The SMILES string of the molecule is CC1c2ccsc2CCN1c1ccc([C@@H](C)N)cc1Br. The second-order valence-electron chi connectivity index (χ2n) is 5.42. The van der Waals surface area contributed by atoms with Gasteiger partial charge in [0.05, 0.1) is 11.7 Å². The fourth-order valence-corrected chi connectivity index (χ4v) is 4.46. The molecule has 1 aliphatic heterocycles. The third kappa shape index (κ3) is 2.41. The summed E-state index contributed by atoms with van der Waals surface area (Å²) in [6.45, 7) is 5.38. The molecule has 2 heterocycles. The largest absolute Gasteiger partial charge is 0.363 e. The maximum Gasteiger partial charge on any atom is 0.0525 e. The molecule has 0 radical (unpaired) electrons. The summed E-state index contributed by atoms with van der Waals surface area (Å²) < 4.78 is 1.14. The van der Waals surface area contributed by atoms with Gasteiger partial charge in [-0.2, -0.15) is 0 Å². The highest BCUT2D eigenvalue weighted by molar-refractivity contribution is 9.10. The van der Waals surface area contributed by atoms with Crippen molar-refractivity contribution in [3.8, 4) is 0 Å². The molecular weight excluding hydrogens is 332 g/mol. The van der Waals surface area contributed by atoms with Gasteiger partial charge in [-0.15, -0.1) is 11.3 Å². The van der Waals surface area contributed by atoms with Crippen LogP contribution in [0.4, 0.5) is 5.69 Å². The number of anilines is 1. The first-order chi connectivity index (χ1) is 9.58. The predicted molar refractivity (Wildman–Crippen MR) is 90.5 cm³/mol. The van der Waals surface area contributed by atoms with Gasteiger partial charge in [-0.3, -0.25) is 0 Å². The normalized spacial score (nSPS) is 19.8. The Balaban J connectivity index is 1.94. The van der Waals surface area contributed by atoms with E-state index in [-0.39, 0.29) is 6.04 Å². The third-order valence-electron chi connectivity index (χ3n) is 4.08. The van der Waals surface area contributed by atoms with Crippen LogP contribution in [0.2, 0.25) is 0 Å². The average Bonchev–Trinajstić information content (AvgIpc) is 2.89. The van der Waals surface area contributed by atoms with Crippen LogP contribution in [0.3, 0.4) is 0 Å². The van der Waals surface area contributed by atoms with Crippen molar-refractivity contribution in [1.29, 1.82) is 0 Å². The smallest absolute Gasteiger partial charge is 0.0525 e. The van der Waals surface area contributed by atoms with Crippen LogP contribution in [0.1, 0.15) is 41.9 Å². The van der Waals surface area contributed by atoms with Gasteiger partial charge < -0.3 is 10.6 Å². The predicted octanol–water partition coefficient (Wildman–Crippen LogP) is 4.65. The van der Waals surface area contributed by atoms with E-state index in [4.69, 9.17) is 5.73 Å². The molecule has 20 heavy (non-hydrogen) atoms. The Morgan fingerprint density at radius 1 is 1.40 bits per heavy atom. The van der Waals surface area contributed by atoms with Gasteiger partial charge in [0.1, 0.15) is 0 Å². The molecule has 0 amide bonds. The van der Waals surface area contributed by atoms with E-state index in [0.29, 0.717) is 6.04 Å². The van der Waals surface area contributed by atoms with Crippen molar-refractivity contribution < 1.29 is 0 Å². The fraction of sp³-hybridized carbons (Fsp3) is 0.375. The minimum Gasteiger partial charge on any atom is -0.363 e. The molecule has 1 unspecified atom stereocenters. The lowest BCUT2D eigenvalue weighted by Crippen LogP contribution is -2.33. The molecule has 2 aromatic rings. The van der Waals surface area contributed by atoms with Crippen LogP contribution in [0.5, 0.6) is 0 Å². The molecule has 0 bridgehead atoms. The Labute approximate surface area is 132 Å². The van der Waals surface area contributed by atoms with Crippen molar-refractivity contribution >= 4 is 33.0 Å². The maximum absolute atomic E-state index is 5.95. The van der Waals surface area contributed by atoms with Gasteiger partial charge in [-0.25, -0.2) is 0 Å². The number of hydrogen-bond donors (Lipinski definition) is 1. The molecule has 0 aliphatic carbocycles. The van der Waals surface area contributed by atoms with Crippen molar-refractivity contribution in [2.75, 3.05) is 11.4 Å². The topological polar surface area (TPSA) is 29.3 Å². The van der Waals surface area contributed by atoms with E-state index in [2.05, 4.69) is 57.4 Å². The quantitative estimate of drug-likeness (QED) is 0.853. The molecule has 1 aliphatic rings. The molecule has 0 spiro atoms. The molecule has 2 N–H and O–H groups in total. The fourth-order valence-electron chi connectivity index (χ4n) is 2.88. The van der Waals surface area contributed by atoms with Crippen LogP contribution in [-0.2, 0) is 6.42 Å². The first-order valence-corrected chi connectivity index (χ1v) is 8.63. The van der Waals surface area contributed by atoms with E-state index in [1.54, 1.807) is 0 Å². The lowest BCUT2D eigenvalue weighted by atomic mass is 10.00. The summed E-state index contributed by atoms with van der Waals surface area (Å²) in [5.74, 6) is 0. The highest BCUT2D eigenvalue weighted by Gasteiger charge is 2.26. The van der Waals surface area contributed by atoms with Crippen molar-refractivity contribution in [3.05, 3.63) is 50.1 Å². The van der Waals surface area contributed by atoms with Crippen molar-refractivity contribution in [2.45, 2.75) is 32.4 Å². The van der Waals surface area contributed by atoms with Crippen LogP contribution in [-0.4, -0.2) is 6.54 Å². The van der Waals surface area contributed by atoms with E-state index < -0.39 is 0 Å². The zero-order valence-electron chi connectivity index (χ0n) is 11.8. The Hall–Kier alpha value is -0.840. The summed E-state index contributed by atoms with van der Waals surface area (Å²) in [6.07, 6.45) is 1.14. The molecule has 2 nitrogen and oxygen atoms in total. The van der Waals surface area contributed by atoms with Crippen LogP contribution in [0.25, 0.3) is 0 Å². The summed E-state index contributed by atoms with van der Waals surface area (Å²) in [5.41, 5.74) is 9.86. The molecule has 106 valence electrons. The van der Waals surface area contributed by atoms with E-state index in [9.17, 15) is 0 Å². The van der Waals surface area contributed by atoms with E-state index >= 15 is 0 Å². The number of nitrogens with zero attached hydrogens (tertiary/aromatic N) is 1. The summed E-state index contributed by atoms with van der Waals surface area (Å²) in [4.78, 5) is 4.02. The molecule has 1 aromatic heterocycles. The number of halogens is 1. The maximum atomic E-state index is 5.95. The molecule has 0 saturated heterocycles. The number of nitrogens with two attached hydrogens (primary N) is 1. The number of benzene rings is 1. The van der Waals surface area contributed by atoms with Gasteiger partial charge in [0, 0.05) is 21.9 Å². The van der Waals surface area contributed by atoms with E-state index in [0.717, 1.165) is 17.4 Å². The van der Waals surface area contributed by atoms with Gasteiger partial charge in [0.15, 0.2) is 0 Å². The molecule has 3 rings (SSSR count). The summed E-state index contributed by atoms with van der Waals surface area (Å²) >= 11 is 5.60. The van der Waals surface area contributed by atoms with Crippen molar-refractivity contribution in [3.63, 3.8) is 0 Å². The molecule has 2 atom stereocenters. The standard InChI is InChI=1S/C16H19BrN2S/c1-10(18)12-3-4-15(14(17)9-12)19-7-5-16-13(11(19)2)6-8-20-16/h3-4,6,8-11H,5,7,18H2,1-2H3/t10-,11?/m1/s1. The zero-order valence-corrected chi connectivity index (χ0v) is 14.2. The first-order valence-electron chi connectivity index (χ1n) is 6.96. The minimum absolute atomic E-state index is 0.0719. The van der Waals surface area contributed by atoms with Gasteiger partial charge in [-0.1, -0.05) is 6.07 Å². The zero-order chi connectivity index (χ0) is 14.3. The van der Waals surface area contributed by atoms with E-state index in [1.807, 2.05) is 18.3 Å². The van der Waals surface area contributed by atoms with E-state index in [1.165, 1.54) is 21.7 Å². The van der Waals surface area contributed by atoms with Gasteiger partial charge in [0.25, 0.3) is 0 Å². The Bertz CT molecular complexity index is 621. The van der Waals surface area contributed by atoms with Crippen molar-refractivity contribution in [2.24, 2.45) is 5.73 Å². The number of fused-ring (bicyclic) bond motifs is 1. The highest BCUT2D eigenvalue weighted by Crippen LogP contribution is 2.39. The Kier molecular flexibility index (Phi) is 3.89. The molecular formula is C16H19BrN2S. The minimum atomic E-state index is 0.0719. The number of thiophene rings is 1. The molecule has 0 saturated carbocycles. The average molecular weight is 351 g/mol. The van der Waals surface area contributed by atoms with Crippen LogP contribution in [0.15, 0.2) is 34.1 Å². The van der Waals surface area contributed by atoms with Gasteiger partial charge in [-0.05, 0) is 70.9 Å². The van der Waals surface area contributed by atoms with Crippen LogP contribution >= 0.6 is 27.3 Å². The van der Waals surface area contributed by atoms with Crippen LogP contribution < -0.4 is 10.6 Å². The second-order valence-corrected chi connectivity index (χ2v) is 7.27. The van der Waals surface area contributed by atoms with Gasteiger partial charge in [0.2, 0.25) is 0 Å². The molecule has 0 fully saturated rings. The molecule has 4 heteroatoms. The monoisotopic (exact) mass is 350 g/mol. The summed E-state index contributed by atoms with van der Waals surface area (Å²) in [6, 6.07) is 9.25. The van der Waals surface area contributed by atoms with Crippen LogP contribution in [0, 0.1) is 0 Å². The number of rotatable bonds is 2. The Morgan fingerprint density at radius 2 is 2.20 bits per heavy atom. The third-order valence-corrected chi connectivity index (χ3v) is 5.72. The number of hydrogen-bond acceptors (Lipinski definition) is 3.